The Labute approximate surface area is 116 Å². The van der Waals surface area contributed by atoms with Crippen LogP contribution in [0.5, 0.6) is 0 Å². The van der Waals surface area contributed by atoms with E-state index >= 15 is 0 Å². The van der Waals surface area contributed by atoms with Crippen LogP contribution in [0, 0.1) is 6.92 Å². The number of benzene rings is 1. The predicted molar refractivity (Wildman–Crippen MR) is 81.8 cm³/mol. The highest BCUT2D eigenvalue weighted by molar-refractivity contribution is 7.17. The topological polar surface area (TPSA) is 37.8 Å². The Balaban J connectivity index is 2.27. The van der Waals surface area contributed by atoms with Gasteiger partial charge in [0.25, 0.3) is 0 Å². The first-order chi connectivity index (χ1) is 9.29. The van der Waals surface area contributed by atoms with Crippen molar-refractivity contribution in [2.45, 2.75) is 13.8 Å². The first kappa shape index (κ1) is 12.1. The van der Waals surface area contributed by atoms with E-state index in [-0.39, 0.29) is 0 Å². The van der Waals surface area contributed by atoms with Crippen LogP contribution < -0.4 is 5.32 Å². The molecule has 3 nitrogen and oxygen atoms in total. The number of hydrogen-bond donors (Lipinski definition) is 1. The molecule has 0 unspecified atom stereocenters. The van der Waals surface area contributed by atoms with Crippen LogP contribution in [0.2, 0.25) is 0 Å². The van der Waals surface area contributed by atoms with Crippen molar-refractivity contribution in [3.63, 3.8) is 0 Å². The van der Waals surface area contributed by atoms with Crippen LogP contribution in [-0.4, -0.2) is 16.5 Å². The van der Waals surface area contributed by atoms with Crippen LogP contribution in [-0.2, 0) is 0 Å². The number of aromatic nitrogens is 2. The van der Waals surface area contributed by atoms with E-state index in [1.165, 1.54) is 11.1 Å². The summed E-state index contributed by atoms with van der Waals surface area (Å²) in [5.41, 5.74) is 2.41. The summed E-state index contributed by atoms with van der Waals surface area (Å²) in [4.78, 5) is 10.1. The number of anilines is 1. The van der Waals surface area contributed by atoms with Gasteiger partial charge in [0.1, 0.15) is 16.5 Å². The molecule has 0 aliphatic carbocycles. The fourth-order valence-corrected chi connectivity index (χ4v) is 3.17. The molecule has 3 aromatic rings. The SMILES string of the molecule is CCNc1nc(C)nc2scc(-c3ccccc3)c12. The summed E-state index contributed by atoms with van der Waals surface area (Å²) >= 11 is 1.67. The highest BCUT2D eigenvalue weighted by atomic mass is 32.1. The maximum absolute atomic E-state index is 4.53. The summed E-state index contributed by atoms with van der Waals surface area (Å²) in [6, 6.07) is 10.4. The van der Waals surface area contributed by atoms with Gasteiger partial charge in [-0.1, -0.05) is 30.3 Å². The largest absolute Gasteiger partial charge is 0.370 e. The Morgan fingerprint density at radius 3 is 2.68 bits per heavy atom. The van der Waals surface area contributed by atoms with E-state index in [9.17, 15) is 0 Å². The molecule has 0 amide bonds. The van der Waals surface area contributed by atoms with Crippen LogP contribution in [0.4, 0.5) is 5.82 Å². The fourth-order valence-electron chi connectivity index (χ4n) is 2.17. The first-order valence-electron chi connectivity index (χ1n) is 6.34. The van der Waals surface area contributed by atoms with Crippen molar-refractivity contribution in [3.05, 3.63) is 41.5 Å². The molecule has 2 heterocycles. The number of aryl methyl sites for hydroxylation is 1. The summed E-state index contributed by atoms with van der Waals surface area (Å²) in [5.74, 6) is 1.75. The quantitative estimate of drug-likeness (QED) is 0.778. The molecule has 0 fully saturated rings. The molecule has 0 bridgehead atoms. The number of nitrogens with one attached hydrogen (secondary N) is 1. The molecule has 1 N–H and O–H groups in total. The zero-order chi connectivity index (χ0) is 13.2. The van der Waals surface area contributed by atoms with Gasteiger partial charge in [0.2, 0.25) is 0 Å². The second-order valence-corrected chi connectivity index (χ2v) is 5.20. The molecule has 0 spiro atoms. The van der Waals surface area contributed by atoms with Gasteiger partial charge in [0, 0.05) is 17.5 Å². The predicted octanol–water partition coefficient (Wildman–Crippen LogP) is 4.10. The molecular formula is C15H15N3S. The van der Waals surface area contributed by atoms with Crippen molar-refractivity contribution in [1.82, 2.24) is 9.97 Å². The minimum atomic E-state index is 0.810. The molecule has 19 heavy (non-hydrogen) atoms. The van der Waals surface area contributed by atoms with E-state index in [2.05, 4.69) is 51.9 Å². The van der Waals surface area contributed by atoms with Crippen LogP contribution in [0.15, 0.2) is 35.7 Å². The van der Waals surface area contributed by atoms with Gasteiger partial charge in [0.05, 0.1) is 5.39 Å². The molecule has 0 aliphatic heterocycles. The van der Waals surface area contributed by atoms with Crippen molar-refractivity contribution < 1.29 is 0 Å². The Bertz CT molecular complexity index is 704. The second-order valence-electron chi connectivity index (χ2n) is 4.35. The number of fused-ring (bicyclic) bond motifs is 1. The maximum Gasteiger partial charge on any atom is 0.139 e. The molecule has 0 saturated heterocycles. The van der Waals surface area contributed by atoms with E-state index in [1.54, 1.807) is 11.3 Å². The van der Waals surface area contributed by atoms with Gasteiger partial charge in [-0.05, 0) is 19.4 Å². The summed E-state index contributed by atoms with van der Waals surface area (Å²) in [6.07, 6.45) is 0. The fraction of sp³-hybridized carbons (Fsp3) is 0.200. The number of nitrogens with zero attached hydrogens (tertiary/aromatic N) is 2. The highest BCUT2D eigenvalue weighted by Gasteiger charge is 2.13. The first-order valence-corrected chi connectivity index (χ1v) is 7.22. The van der Waals surface area contributed by atoms with Gasteiger partial charge in [-0.25, -0.2) is 9.97 Å². The third kappa shape index (κ3) is 2.19. The van der Waals surface area contributed by atoms with Crippen LogP contribution in [0.3, 0.4) is 0 Å². The lowest BCUT2D eigenvalue weighted by atomic mass is 10.1. The van der Waals surface area contributed by atoms with Crippen molar-refractivity contribution in [2.24, 2.45) is 0 Å². The van der Waals surface area contributed by atoms with Gasteiger partial charge in [-0.2, -0.15) is 0 Å². The zero-order valence-electron chi connectivity index (χ0n) is 11.0. The van der Waals surface area contributed by atoms with Crippen molar-refractivity contribution >= 4 is 27.4 Å². The molecule has 4 heteroatoms. The molecule has 2 aromatic heterocycles. The lowest BCUT2D eigenvalue weighted by Crippen LogP contribution is -2.02. The lowest BCUT2D eigenvalue weighted by molar-refractivity contribution is 1.07. The van der Waals surface area contributed by atoms with Gasteiger partial charge < -0.3 is 5.32 Å². The minimum Gasteiger partial charge on any atom is -0.370 e. The molecule has 0 atom stereocenters. The maximum atomic E-state index is 4.53. The Morgan fingerprint density at radius 1 is 1.16 bits per heavy atom. The molecule has 0 radical (unpaired) electrons. The zero-order valence-corrected chi connectivity index (χ0v) is 11.8. The summed E-state index contributed by atoms with van der Waals surface area (Å²) in [6.45, 7) is 4.87. The highest BCUT2D eigenvalue weighted by Crippen LogP contribution is 2.36. The molecule has 0 aliphatic rings. The Kier molecular flexibility index (Phi) is 3.17. The van der Waals surface area contributed by atoms with Crippen molar-refractivity contribution in [2.75, 3.05) is 11.9 Å². The molecular weight excluding hydrogens is 254 g/mol. The average Bonchev–Trinajstić information content (AvgIpc) is 2.84. The summed E-state index contributed by atoms with van der Waals surface area (Å²) < 4.78 is 0. The van der Waals surface area contributed by atoms with Gasteiger partial charge in [0.15, 0.2) is 0 Å². The van der Waals surface area contributed by atoms with Crippen LogP contribution in [0.25, 0.3) is 21.3 Å². The van der Waals surface area contributed by atoms with E-state index in [1.807, 2.05) is 13.0 Å². The van der Waals surface area contributed by atoms with Crippen molar-refractivity contribution in [3.8, 4) is 11.1 Å². The standard InChI is InChI=1S/C15H15N3S/c1-3-16-14-13-12(11-7-5-4-6-8-11)9-19-15(13)18-10(2)17-14/h4-9H,3H2,1-2H3,(H,16,17,18). The van der Waals surface area contributed by atoms with E-state index in [4.69, 9.17) is 0 Å². The Hall–Kier alpha value is -1.94. The minimum absolute atomic E-state index is 0.810. The number of rotatable bonds is 3. The molecule has 0 saturated carbocycles. The van der Waals surface area contributed by atoms with Crippen LogP contribution >= 0.6 is 11.3 Å². The summed E-state index contributed by atoms with van der Waals surface area (Å²) in [5, 5.41) is 6.63. The third-order valence-electron chi connectivity index (χ3n) is 2.97. The summed E-state index contributed by atoms with van der Waals surface area (Å²) in [7, 11) is 0. The molecule has 96 valence electrons. The Morgan fingerprint density at radius 2 is 1.95 bits per heavy atom. The monoisotopic (exact) mass is 269 g/mol. The van der Waals surface area contributed by atoms with Crippen molar-refractivity contribution in [1.29, 1.82) is 0 Å². The second kappa shape index (κ2) is 4.97. The molecule has 1 aromatic carbocycles. The van der Waals surface area contributed by atoms with Gasteiger partial charge >= 0.3 is 0 Å². The van der Waals surface area contributed by atoms with E-state index < -0.39 is 0 Å². The van der Waals surface area contributed by atoms with Gasteiger partial charge in [-0.15, -0.1) is 11.3 Å². The van der Waals surface area contributed by atoms with Crippen LogP contribution in [0.1, 0.15) is 12.7 Å². The number of thiophene rings is 1. The van der Waals surface area contributed by atoms with E-state index in [0.29, 0.717) is 0 Å². The normalized spacial score (nSPS) is 10.8. The lowest BCUT2D eigenvalue weighted by Gasteiger charge is -2.07. The smallest absolute Gasteiger partial charge is 0.139 e. The average molecular weight is 269 g/mol. The van der Waals surface area contributed by atoms with Gasteiger partial charge in [-0.3, -0.25) is 0 Å². The third-order valence-corrected chi connectivity index (χ3v) is 3.85. The number of hydrogen-bond acceptors (Lipinski definition) is 4. The molecule has 3 rings (SSSR count). The van der Waals surface area contributed by atoms with E-state index in [0.717, 1.165) is 28.4 Å².